The largest absolute Gasteiger partial charge is 0.497 e. The number of primary amides is 1. The summed E-state index contributed by atoms with van der Waals surface area (Å²) in [6, 6.07) is 16.1. The Hall–Kier alpha value is -2.77. The minimum atomic E-state index is -0.370. The molecule has 0 saturated carbocycles. The minimum Gasteiger partial charge on any atom is -0.497 e. The lowest BCUT2D eigenvalue weighted by atomic mass is 9.82. The highest BCUT2D eigenvalue weighted by Gasteiger charge is 2.40. The topological polar surface area (TPSA) is 79.1 Å². The molecule has 2 aromatic carbocycles. The molecule has 0 radical (unpaired) electrons. The molecular formula is C30H41ClN4O3. The number of hydrogen-bond donors (Lipinski definition) is 1. The quantitative estimate of drug-likeness (QED) is 0.547. The van der Waals surface area contributed by atoms with E-state index >= 15 is 0 Å². The van der Waals surface area contributed by atoms with Crippen LogP contribution in [0.3, 0.4) is 0 Å². The number of rotatable bonds is 6. The van der Waals surface area contributed by atoms with E-state index < -0.39 is 0 Å². The number of likely N-dealkylation sites (tertiary alicyclic amines) is 1. The summed E-state index contributed by atoms with van der Waals surface area (Å²) in [6.07, 6.45) is 2.17. The van der Waals surface area contributed by atoms with Gasteiger partial charge in [-0.05, 0) is 59.6 Å². The Kier molecular flexibility index (Phi) is 8.89. The number of methoxy groups -OCH3 is 1. The van der Waals surface area contributed by atoms with E-state index in [0.29, 0.717) is 31.1 Å². The van der Waals surface area contributed by atoms with E-state index in [-0.39, 0.29) is 35.4 Å². The monoisotopic (exact) mass is 540 g/mol. The van der Waals surface area contributed by atoms with E-state index in [1.807, 2.05) is 24.3 Å². The first-order chi connectivity index (χ1) is 18.1. The van der Waals surface area contributed by atoms with Crippen LogP contribution >= 0.6 is 11.6 Å². The van der Waals surface area contributed by atoms with E-state index in [1.165, 1.54) is 11.1 Å². The lowest BCUT2D eigenvalue weighted by Gasteiger charge is -2.50. The van der Waals surface area contributed by atoms with Gasteiger partial charge in [-0.3, -0.25) is 9.69 Å². The van der Waals surface area contributed by atoms with E-state index in [0.717, 1.165) is 31.7 Å². The van der Waals surface area contributed by atoms with Gasteiger partial charge in [0.25, 0.3) is 0 Å². The summed E-state index contributed by atoms with van der Waals surface area (Å²) in [5.41, 5.74) is 7.70. The van der Waals surface area contributed by atoms with Crippen molar-refractivity contribution in [3.8, 4) is 5.75 Å². The van der Waals surface area contributed by atoms with Crippen LogP contribution in [0.2, 0.25) is 5.02 Å². The fraction of sp³-hybridized carbons (Fsp3) is 0.533. The smallest absolute Gasteiger partial charge is 0.314 e. The van der Waals surface area contributed by atoms with Crippen LogP contribution in [0.4, 0.5) is 4.79 Å². The van der Waals surface area contributed by atoms with Gasteiger partial charge >= 0.3 is 6.03 Å². The Morgan fingerprint density at radius 1 is 0.974 bits per heavy atom. The summed E-state index contributed by atoms with van der Waals surface area (Å²) in [5, 5.41) is 0.715. The fourth-order valence-electron chi connectivity index (χ4n) is 5.85. The number of piperidine rings is 1. The third-order valence-corrected chi connectivity index (χ3v) is 8.36. The van der Waals surface area contributed by atoms with Gasteiger partial charge in [0.1, 0.15) is 5.75 Å². The second kappa shape index (κ2) is 12.0. The molecule has 3 amide bonds. The molecule has 2 saturated heterocycles. The van der Waals surface area contributed by atoms with E-state index in [1.54, 1.807) is 12.0 Å². The number of halogens is 1. The number of carbonyl (C=O) groups excluding carboxylic acids is 2. The molecule has 2 aromatic rings. The first-order valence-electron chi connectivity index (χ1n) is 13.5. The van der Waals surface area contributed by atoms with Gasteiger partial charge in [-0.2, -0.15) is 0 Å². The predicted octanol–water partition coefficient (Wildman–Crippen LogP) is 5.18. The van der Waals surface area contributed by atoms with Crippen LogP contribution in [0.1, 0.15) is 57.2 Å². The molecule has 2 N–H and O–H groups in total. The molecule has 2 fully saturated rings. The third kappa shape index (κ3) is 6.62. The van der Waals surface area contributed by atoms with Gasteiger partial charge < -0.3 is 20.3 Å². The van der Waals surface area contributed by atoms with Crippen molar-refractivity contribution in [2.45, 2.75) is 52.1 Å². The molecule has 2 aliphatic heterocycles. The molecule has 0 aromatic heterocycles. The first-order valence-corrected chi connectivity index (χ1v) is 13.9. The second-order valence-corrected chi connectivity index (χ2v) is 12.1. The molecule has 2 heterocycles. The standard InChI is InChI=1S/C30H41ClN4O3/c1-30(2,3)26-20-34(17-18-35(26)27(36)19-21-13-15-33(16-14-21)29(32)37)28(22-5-9-24(31)10-6-22)23-7-11-25(38-4)12-8-23/h5-12,21,26,28H,13-20H2,1-4H3,(H2,32,37)/t26-,28?/m1/s1. The number of hydrogen-bond acceptors (Lipinski definition) is 4. The van der Waals surface area contributed by atoms with Crippen molar-refractivity contribution >= 4 is 23.5 Å². The lowest BCUT2D eigenvalue weighted by molar-refractivity contribution is -0.141. The molecule has 4 rings (SSSR count). The number of nitrogens with two attached hydrogens (primary N) is 1. The minimum absolute atomic E-state index is 0.0402. The predicted molar refractivity (Wildman–Crippen MR) is 151 cm³/mol. The molecule has 2 atom stereocenters. The fourth-order valence-corrected chi connectivity index (χ4v) is 5.97. The summed E-state index contributed by atoms with van der Waals surface area (Å²) >= 11 is 6.23. The maximum atomic E-state index is 13.6. The number of nitrogens with zero attached hydrogens (tertiary/aromatic N) is 3. The first kappa shape index (κ1) is 28.2. The summed E-state index contributed by atoms with van der Waals surface area (Å²) in [5.74, 6) is 1.33. The molecule has 0 aliphatic carbocycles. The lowest BCUT2D eigenvalue weighted by Crippen LogP contribution is -2.60. The van der Waals surface area contributed by atoms with Gasteiger partial charge in [-0.25, -0.2) is 4.79 Å². The zero-order chi connectivity index (χ0) is 27.4. The van der Waals surface area contributed by atoms with Crippen molar-refractivity contribution in [3.63, 3.8) is 0 Å². The maximum absolute atomic E-state index is 13.6. The summed E-state index contributed by atoms with van der Waals surface area (Å²) < 4.78 is 5.40. The number of amides is 3. The zero-order valence-electron chi connectivity index (χ0n) is 23.0. The van der Waals surface area contributed by atoms with Crippen LogP contribution < -0.4 is 10.5 Å². The average molecular weight is 541 g/mol. The average Bonchev–Trinajstić information content (AvgIpc) is 2.90. The molecule has 8 heteroatoms. The molecule has 38 heavy (non-hydrogen) atoms. The van der Waals surface area contributed by atoms with Crippen molar-refractivity contribution < 1.29 is 14.3 Å². The van der Waals surface area contributed by atoms with Gasteiger partial charge in [0.2, 0.25) is 5.91 Å². The van der Waals surface area contributed by atoms with Gasteiger partial charge in [-0.1, -0.05) is 56.6 Å². The Labute approximate surface area is 231 Å². The zero-order valence-corrected chi connectivity index (χ0v) is 23.8. The van der Waals surface area contributed by atoms with E-state index in [4.69, 9.17) is 22.1 Å². The molecule has 0 bridgehead atoms. The van der Waals surface area contributed by atoms with Crippen molar-refractivity contribution in [2.75, 3.05) is 39.8 Å². The van der Waals surface area contributed by atoms with Crippen LogP contribution in [0.5, 0.6) is 5.75 Å². The van der Waals surface area contributed by atoms with E-state index in [9.17, 15) is 9.59 Å². The van der Waals surface area contributed by atoms with Crippen LogP contribution in [-0.4, -0.2) is 72.5 Å². The summed E-state index contributed by atoms with van der Waals surface area (Å²) in [4.78, 5) is 31.4. The molecule has 7 nitrogen and oxygen atoms in total. The number of piperazine rings is 1. The third-order valence-electron chi connectivity index (χ3n) is 8.10. The SMILES string of the molecule is COc1ccc(C(c2ccc(Cl)cc2)N2CCN(C(=O)CC3CCN(C(N)=O)CC3)[C@@H](C(C)(C)C)C2)cc1. The number of benzene rings is 2. The van der Waals surface area contributed by atoms with Gasteiger partial charge in [0.05, 0.1) is 13.2 Å². The normalized spacial score (nSPS) is 20.3. The Bertz CT molecular complexity index is 1090. The number of ether oxygens (including phenoxy) is 1. The Morgan fingerprint density at radius 2 is 1.55 bits per heavy atom. The van der Waals surface area contributed by atoms with Gasteiger partial charge in [-0.15, -0.1) is 0 Å². The van der Waals surface area contributed by atoms with Crippen molar-refractivity contribution in [1.29, 1.82) is 0 Å². The van der Waals surface area contributed by atoms with Crippen LogP contribution in [0.25, 0.3) is 0 Å². The van der Waals surface area contributed by atoms with Crippen molar-refractivity contribution in [3.05, 3.63) is 64.7 Å². The van der Waals surface area contributed by atoms with Gasteiger partial charge in [0, 0.05) is 50.2 Å². The summed E-state index contributed by atoms with van der Waals surface area (Å²) in [6.45, 7) is 10.2. The molecule has 0 spiro atoms. The highest BCUT2D eigenvalue weighted by molar-refractivity contribution is 6.30. The number of urea groups is 1. The highest BCUT2D eigenvalue weighted by Crippen LogP contribution is 2.36. The molecule has 1 unspecified atom stereocenters. The molecule has 2 aliphatic rings. The number of carbonyl (C=O) groups is 2. The van der Waals surface area contributed by atoms with Crippen LogP contribution in [0, 0.1) is 11.3 Å². The highest BCUT2D eigenvalue weighted by atomic mass is 35.5. The second-order valence-electron chi connectivity index (χ2n) is 11.7. The van der Waals surface area contributed by atoms with Crippen molar-refractivity contribution in [2.24, 2.45) is 17.1 Å². The van der Waals surface area contributed by atoms with E-state index in [2.05, 4.69) is 54.8 Å². The Morgan fingerprint density at radius 3 is 2.08 bits per heavy atom. The molecule has 206 valence electrons. The molecular weight excluding hydrogens is 500 g/mol. The Balaban J connectivity index is 1.54. The maximum Gasteiger partial charge on any atom is 0.314 e. The summed E-state index contributed by atoms with van der Waals surface area (Å²) in [7, 11) is 1.68. The van der Waals surface area contributed by atoms with Crippen LogP contribution in [-0.2, 0) is 4.79 Å². The van der Waals surface area contributed by atoms with Crippen molar-refractivity contribution in [1.82, 2.24) is 14.7 Å². The van der Waals surface area contributed by atoms with Gasteiger partial charge in [0.15, 0.2) is 0 Å². The van der Waals surface area contributed by atoms with Crippen LogP contribution in [0.15, 0.2) is 48.5 Å².